The average Bonchev–Trinajstić information content (AvgIpc) is 2.62. The molecule has 0 aliphatic heterocycles. The second-order valence-electron chi connectivity index (χ2n) is 6.84. The lowest BCUT2D eigenvalue weighted by atomic mass is 10.3. The summed E-state index contributed by atoms with van der Waals surface area (Å²) in [5.74, 6) is -1.53. The largest absolute Gasteiger partial charge is 0.243 e. The SMILES string of the molecule is C[Si](C)(C)c1c(F)c(F)c([Si](C)(C)C)c2nonc12. The van der Waals surface area contributed by atoms with Gasteiger partial charge >= 0.3 is 0 Å². The summed E-state index contributed by atoms with van der Waals surface area (Å²) in [6, 6.07) is 0. The monoisotopic (exact) mass is 300 g/mol. The van der Waals surface area contributed by atoms with E-state index in [0.717, 1.165) is 0 Å². The first-order valence-corrected chi connectivity index (χ1v) is 13.2. The van der Waals surface area contributed by atoms with Crippen molar-refractivity contribution in [2.75, 3.05) is 0 Å². The first-order valence-electron chi connectivity index (χ1n) is 6.19. The summed E-state index contributed by atoms with van der Waals surface area (Å²) in [5, 5.41) is 8.38. The number of benzene rings is 1. The predicted molar refractivity (Wildman–Crippen MR) is 77.7 cm³/mol. The molecule has 0 aliphatic rings. The van der Waals surface area contributed by atoms with Gasteiger partial charge in [0.1, 0.15) is 11.0 Å². The minimum Gasteiger partial charge on any atom is -0.243 e. The first-order chi connectivity index (χ1) is 8.55. The third kappa shape index (κ3) is 2.25. The summed E-state index contributed by atoms with van der Waals surface area (Å²) < 4.78 is 33.7. The van der Waals surface area contributed by atoms with Crippen LogP contribution in [0.25, 0.3) is 11.0 Å². The van der Waals surface area contributed by atoms with Gasteiger partial charge in [-0.2, -0.15) is 0 Å². The molecule has 0 saturated carbocycles. The predicted octanol–water partition coefficient (Wildman–Crippen LogP) is 2.59. The molecule has 0 fully saturated rings. The number of nitrogens with zero attached hydrogens (tertiary/aromatic N) is 2. The Hall–Kier alpha value is -1.09. The molecule has 0 aliphatic carbocycles. The van der Waals surface area contributed by atoms with Crippen LogP contribution in [0.5, 0.6) is 0 Å². The lowest BCUT2D eigenvalue weighted by Gasteiger charge is -2.23. The summed E-state index contributed by atoms with van der Waals surface area (Å²) in [7, 11) is -4.16. The summed E-state index contributed by atoms with van der Waals surface area (Å²) in [5.41, 5.74) is 0.797. The lowest BCUT2D eigenvalue weighted by Crippen LogP contribution is -2.47. The molecule has 1 heterocycles. The highest BCUT2D eigenvalue weighted by atomic mass is 28.3. The Balaban J connectivity index is 2.99. The number of halogens is 2. The fourth-order valence-electron chi connectivity index (χ4n) is 2.31. The zero-order valence-electron chi connectivity index (χ0n) is 12.1. The molecule has 0 unspecified atom stereocenters. The summed E-state index contributed by atoms with van der Waals surface area (Å²) in [6.07, 6.45) is 0. The van der Waals surface area contributed by atoms with Crippen molar-refractivity contribution < 1.29 is 13.4 Å². The van der Waals surface area contributed by atoms with Gasteiger partial charge in [-0.3, -0.25) is 0 Å². The van der Waals surface area contributed by atoms with Crippen molar-refractivity contribution in [3.05, 3.63) is 11.6 Å². The normalized spacial score (nSPS) is 13.3. The first kappa shape index (κ1) is 14.3. The van der Waals surface area contributed by atoms with Crippen molar-refractivity contribution in [2.24, 2.45) is 0 Å². The van der Waals surface area contributed by atoms with E-state index in [4.69, 9.17) is 4.63 Å². The van der Waals surface area contributed by atoms with Crippen LogP contribution in [0.1, 0.15) is 0 Å². The third-order valence-electron chi connectivity index (χ3n) is 3.09. The highest BCUT2D eigenvalue weighted by Gasteiger charge is 2.35. The zero-order valence-corrected chi connectivity index (χ0v) is 14.1. The Bertz CT molecular complexity index is 588. The van der Waals surface area contributed by atoms with Gasteiger partial charge in [0.25, 0.3) is 0 Å². The zero-order chi connectivity index (χ0) is 14.6. The second-order valence-corrected chi connectivity index (χ2v) is 16.8. The molecule has 0 bridgehead atoms. The summed E-state index contributed by atoms with van der Waals surface area (Å²) >= 11 is 0. The van der Waals surface area contributed by atoms with Crippen LogP contribution >= 0.6 is 0 Å². The van der Waals surface area contributed by atoms with Crippen molar-refractivity contribution >= 4 is 37.6 Å². The van der Waals surface area contributed by atoms with Crippen molar-refractivity contribution in [3.63, 3.8) is 0 Å². The number of fused-ring (bicyclic) bond motifs is 1. The molecule has 1 aromatic carbocycles. The van der Waals surface area contributed by atoms with E-state index >= 15 is 0 Å². The van der Waals surface area contributed by atoms with Gasteiger partial charge < -0.3 is 0 Å². The van der Waals surface area contributed by atoms with E-state index in [2.05, 4.69) is 10.3 Å². The fourth-order valence-corrected chi connectivity index (χ4v) is 5.60. The van der Waals surface area contributed by atoms with Crippen LogP contribution in [0, 0.1) is 11.6 Å². The molecule has 2 rings (SSSR count). The number of hydrogen-bond acceptors (Lipinski definition) is 3. The molecule has 104 valence electrons. The van der Waals surface area contributed by atoms with Crippen LogP contribution in [0.4, 0.5) is 8.78 Å². The quantitative estimate of drug-likeness (QED) is 0.800. The smallest absolute Gasteiger partial charge is 0.160 e. The van der Waals surface area contributed by atoms with Crippen LogP contribution in [-0.4, -0.2) is 26.5 Å². The Morgan fingerprint density at radius 2 is 1.05 bits per heavy atom. The van der Waals surface area contributed by atoms with E-state index in [9.17, 15) is 8.78 Å². The van der Waals surface area contributed by atoms with Crippen molar-refractivity contribution in [2.45, 2.75) is 39.3 Å². The van der Waals surface area contributed by atoms with Crippen LogP contribution in [0.15, 0.2) is 4.63 Å². The molecular weight excluding hydrogens is 282 g/mol. The van der Waals surface area contributed by atoms with Gasteiger partial charge in [0, 0.05) is 10.4 Å². The van der Waals surface area contributed by atoms with Gasteiger partial charge in [0.15, 0.2) is 11.6 Å². The Morgan fingerprint density at radius 1 is 0.737 bits per heavy atom. The Kier molecular flexibility index (Phi) is 3.17. The van der Waals surface area contributed by atoms with Crippen molar-refractivity contribution in [3.8, 4) is 0 Å². The third-order valence-corrected chi connectivity index (χ3v) is 7.01. The van der Waals surface area contributed by atoms with Crippen LogP contribution in [0.3, 0.4) is 0 Å². The maximum atomic E-state index is 14.5. The molecule has 7 heteroatoms. The molecule has 0 N–H and O–H groups in total. The van der Waals surface area contributed by atoms with E-state index in [1.807, 2.05) is 39.3 Å². The molecule has 19 heavy (non-hydrogen) atoms. The van der Waals surface area contributed by atoms with Crippen molar-refractivity contribution in [1.82, 2.24) is 10.3 Å². The fraction of sp³-hybridized carbons (Fsp3) is 0.500. The molecule has 0 atom stereocenters. The van der Waals surface area contributed by atoms with Crippen molar-refractivity contribution in [1.29, 1.82) is 0 Å². The maximum absolute atomic E-state index is 14.5. The second kappa shape index (κ2) is 4.21. The van der Waals surface area contributed by atoms with Gasteiger partial charge in [-0.05, 0) is 10.3 Å². The minimum absolute atomic E-state index is 0.364. The van der Waals surface area contributed by atoms with Gasteiger partial charge in [-0.25, -0.2) is 13.4 Å². The average molecular weight is 300 g/mol. The number of hydrogen-bond donors (Lipinski definition) is 0. The minimum atomic E-state index is -2.08. The van der Waals surface area contributed by atoms with E-state index in [0.29, 0.717) is 21.4 Å². The standard InChI is InChI=1S/C12H18F2N2OSi2/c1-18(2,3)11-7(13)8(14)12(19(4,5)6)10-9(11)15-17-16-10/h1-6H3. The Labute approximate surface area is 113 Å². The van der Waals surface area contributed by atoms with E-state index in [1.54, 1.807) is 0 Å². The molecule has 0 spiro atoms. The van der Waals surface area contributed by atoms with Gasteiger partial charge in [-0.1, -0.05) is 39.3 Å². The number of aromatic nitrogens is 2. The molecule has 0 amide bonds. The van der Waals surface area contributed by atoms with Crippen LogP contribution in [-0.2, 0) is 0 Å². The molecule has 1 aromatic heterocycles. The van der Waals surface area contributed by atoms with E-state index in [-0.39, 0.29) is 0 Å². The number of rotatable bonds is 2. The molecule has 0 radical (unpaired) electrons. The molecule has 3 nitrogen and oxygen atoms in total. The summed E-state index contributed by atoms with van der Waals surface area (Å²) in [4.78, 5) is 0. The summed E-state index contributed by atoms with van der Waals surface area (Å²) in [6.45, 7) is 11.7. The lowest BCUT2D eigenvalue weighted by molar-refractivity contribution is 0.316. The maximum Gasteiger partial charge on any atom is 0.160 e. The van der Waals surface area contributed by atoms with E-state index < -0.39 is 27.8 Å². The van der Waals surface area contributed by atoms with Crippen LogP contribution < -0.4 is 10.4 Å². The molecule has 2 aromatic rings. The highest BCUT2D eigenvalue weighted by molar-refractivity contribution is 6.92. The van der Waals surface area contributed by atoms with Crippen LogP contribution in [0.2, 0.25) is 39.3 Å². The van der Waals surface area contributed by atoms with E-state index in [1.165, 1.54) is 0 Å². The Morgan fingerprint density at radius 3 is 1.32 bits per heavy atom. The highest BCUT2D eigenvalue weighted by Crippen LogP contribution is 2.20. The molecular formula is C12H18F2N2OSi2. The topological polar surface area (TPSA) is 38.9 Å². The van der Waals surface area contributed by atoms with Gasteiger partial charge in [0.05, 0.1) is 16.1 Å². The molecule has 0 saturated heterocycles. The van der Waals surface area contributed by atoms with Gasteiger partial charge in [0.2, 0.25) is 0 Å². The van der Waals surface area contributed by atoms with Gasteiger partial charge in [-0.15, -0.1) is 0 Å².